The van der Waals surface area contributed by atoms with Crippen molar-refractivity contribution in [3.05, 3.63) is 79.5 Å². The van der Waals surface area contributed by atoms with Gasteiger partial charge >= 0.3 is 0 Å². The van der Waals surface area contributed by atoms with Gasteiger partial charge in [-0.25, -0.2) is 4.68 Å². The molecule has 0 spiro atoms. The molecule has 0 radical (unpaired) electrons. The molecule has 2 aromatic carbocycles. The number of pyridine rings is 1. The van der Waals surface area contributed by atoms with Gasteiger partial charge in [0.25, 0.3) is 5.56 Å². The summed E-state index contributed by atoms with van der Waals surface area (Å²) in [5.41, 5.74) is 5.07. The topological polar surface area (TPSA) is 34.0 Å². The molecule has 3 nitrogen and oxygen atoms in total. The minimum absolute atomic E-state index is 0.0762. The molecular formula is C16H12Br2N2O. The third-order valence-corrected chi connectivity index (χ3v) is 5.06. The molecule has 0 aliphatic carbocycles. The first-order chi connectivity index (χ1) is 10.1. The number of nitrogens with zero attached hydrogens (tertiary/aromatic N) is 1. The summed E-state index contributed by atoms with van der Waals surface area (Å²) in [6, 6.07) is 17.3. The molecular weight excluding hydrogens is 396 g/mol. The summed E-state index contributed by atoms with van der Waals surface area (Å²) in [4.78, 5) is 12.1. The fourth-order valence-corrected chi connectivity index (χ4v) is 2.85. The second kappa shape index (κ2) is 6.03. The molecule has 1 aromatic heterocycles. The highest BCUT2D eigenvalue weighted by molar-refractivity contribution is 9.13. The van der Waals surface area contributed by atoms with E-state index in [2.05, 4.69) is 37.3 Å². The fraction of sp³-hybridized carbons (Fsp3) is 0.0625. The fourth-order valence-electron chi connectivity index (χ4n) is 2.16. The van der Waals surface area contributed by atoms with E-state index >= 15 is 0 Å². The monoisotopic (exact) mass is 406 g/mol. The average Bonchev–Trinajstić information content (AvgIpc) is 2.49. The highest BCUT2D eigenvalue weighted by Crippen LogP contribution is 2.27. The summed E-state index contributed by atoms with van der Waals surface area (Å²) in [6.45, 7) is 0.591. The van der Waals surface area contributed by atoms with Crippen molar-refractivity contribution in [3.8, 4) is 0 Å². The number of hydrogen-bond acceptors (Lipinski definition) is 2. The smallest absolute Gasteiger partial charge is 0.269 e. The Morgan fingerprint density at radius 1 is 0.952 bits per heavy atom. The molecule has 0 saturated carbocycles. The summed E-state index contributed by atoms with van der Waals surface area (Å²) in [6.07, 6.45) is 0. The molecule has 0 fully saturated rings. The highest BCUT2D eigenvalue weighted by atomic mass is 79.9. The van der Waals surface area contributed by atoms with Crippen LogP contribution in [-0.4, -0.2) is 4.68 Å². The minimum atomic E-state index is -0.0762. The Bertz CT molecular complexity index is 844. The van der Waals surface area contributed by atoms with Crippen LogP contribution in [0.3, 0.4) is 0 Å². The van der Waals surface area contributed by atoms with E-state index < -0.39 is 0 Å². The van der Waals surface area contributed by atoms with Gasteiger partial charge < -0.3 is 5.43 Å². The number of hydrogen-bond donors (Lipinski definition) is 1. The van der Waals surface area contributed by atoms with Crippen molar-refractivity contribution in [2.45, 2.75) is 6.54 Å². The van der Waals surface area contributed by atoms with Gasteiger partial charge in [-0.3, -0.25) is 4.79 Å². The Kier molecular flexibility index (Phi) is 4.12. The lowest BCUT2D eigenvalue weighted by Gasteiger charge is -2.13. The van der Waals surface area contributed by atoms with Crippen molar-refractivity contribution in [1.82, 2.24) is 4.68 Å². The van der Waals surface area contributed by atoms with E-state index in [-0.39, 0.29) is 5.56 Å². The van der Waals surface area contributed by atoms with Crippen molar-refractivity contribution in [3.63, 3.8) is 0 Å². The zero-order valence-corrected chi connectivity index (χ0v) is 14.2. The van der Waals surface area contributed by atoms with Crippen molar-refractivity contribution in [2.24, 2.45) is 0 Å². The summed E-state index contributed by atoms with van der Waals surface area (Å²) in [5, 5.41) is 0.991. The van der Waals surface area contributed by atoms with Gasteiger partial charge in [-0.1, -0.05) is 30.3 Å². The van der Waals surface area contributed by atoms with Crippen molar-refractivity contribution >= 4 is 42.8 Å². The Labute approximate surface area is 138 Å². The van der Waals surface area contributed by atoms with Gasteiger partial charge in [0.1, 0.15) is 0 Å². The second-order valence-corrected chi connectivity index (χ2v) is 6.36. The molecule has 0 atom stereocenters. The van der Waals surface area contributed by atoms with E-state index in [4.69, 9.17) is 0 Å². The molecule has 3 rings (SSSR count). The molecule has 0 aliphatic rings. The molecule has 0 bridgehead atoms. The number of aromatic nitrogens is 1. The van der Waals surface area contributed by atoms with E-state index in [0.29, 0.717) is 6.54 Å². The van der Waals surface area contributed by atoms with Crippen LogP contribution in [0.2, 0.25) is 0 Å². The maximum absolute atomic E-state index is 12.1. The van der Waals surface area contributed by atoms with Gasteiger partial charge in [0, 0.05) is 20.4 Å². The quantitative estimate of drug-likeness (QED) is 0.703. The summed E-state index contributed by atoms with van der Waals surface area (Å²) < 4.78 is 3.46. The van der Waals surface area contributed by atoms with Crippen molar-refractivity contribution < 1.29 is 0 Å². The van der Waals surface area contributed by atoms with Crippen LogP contribution in [0.4, 0.5) is 0 Å². The van der Waals surface area contributed by atoms with E-state index in [9.17, 15) is 4.79 Å². The molecule has 0 amide bonds. The predicted molar refractivity (Wildman–Crippen MR) is 93.1 cm³/mol. The van der Waals surface area contributed by atoms with Gasteiger partial charge in [-0.2, -0.15) is 0 Å². The first kappa shape index (κ1) is 14.4. The largest absolute Gasteiger partial charge is 0.318 e. The Balaban J connectivity index is 2.03. The summed E-state index contributed by atoms with van der Waals surface area (Å²) >= 11 is 6.96. The normalized spacial score (nSPS) is 10.8. The first-order valence-electron chi connectivity index (χ1n) is 6.44. The Morgan fingerprint density at radius 3 is 2.43 bits per heavy atom. The third-order valence-electron chi connectivity index (χ3n) is 3.22. The van der Waals surface area contributed by atoms with Crippen molar-refractivity contribution in [2.75, 3.05) is 5.43 Å². The van der Waals surface area contributed by atoms with Crippen LogP contribution in [0.15, 0.2) is 68.3 Å². The molecule has 21 heavy (non-hydrogen) atoms. The Hall–Kier alpha value is -1.59. The second-order valence-electron chi connectivity index (χ2n) is 4.65. The van der Waals surface area contributed by atoms with E-state index in [1.807, 2.05) is 48.5 Å². The lowest BCUT2D eigenvalue weighted by molar-refractivity contribution is 0.835. The van der Waals surface area contributed by atoms with Crippen molar-refractivity contribution in [1.29, 1.82) is 0 Å². The molecule has 0 aliphatic heterocycles. The standard InChI is InChI=1S/C16H12Br2N2O/c17-13-8-12-6-7-16(21)20(15(12)9-14(13)18)19-10-11-4-2-1-3-5-11/h1-9,19H,10H2. The summed E-state index contributed by atoms with van der Waals surface area (Å²) in [5.74, 6) is 0. The Morgan fingerprint density at radius 2 is 1.67 bits per heavy atom. The third kappa shape index (κ3) is 3.04. The van der Waals surface area contributed by atoms with Crippen LogP contribution >= 0.6 is 31.9 Å². The van der Waals surface area contributed by atoms with Crippen LogP contribution in [0.1, 0.15) is 5.56 Å². The minimum Gasteiger partial charge on any atom is -0.318 e. The number of fused-ring (bicyclic) bond motifs is 1. The number of nitrogens with one attached hydrogen (secondary N) is 1. The van der Waals surface area contributed by atoms with Crippen LogP contribution in [0.25, 0.3) is 10.9 Å². The number of rotatable bonds is 3. The van der Waals surface area contributed by atoms with Gasteiger partial charge in [0.2, 0.25) is 0 Å². The van der Waals surface area contributed by atoms with E-state index in [0.717, 1.165) is 25.4 Å². The van der Waals surface area contributed by atoms with E-state index in [1.54, 1.807) is 10.7 Å². The molecule has 1 N–H and O–H groups in total. The molecule has 0 unspecified atom stereocenters. The van der Waals surface area contributed by atoms with Crippen LogP contribution in [-0.2, 0) is 6.54 Å². The molecule has 1 heterocycles. The maximum atomic E-state index is 12.1. The number of benzene rings is 2. The van der Waals surface area contributed by atoms with Gasteiger partial charge in [-0.05, 0) is 55.6 Å². The van der Waals surface area contributed by atoms with Gasteiger partial charge in [-0.15, -0.1) is 0 Å². The molecule has 106 valence electrons. The number of halogens is 2. The lowest BCUT2D eigenvalue weighted by Crippen LogP contribution is -2.28. The van der Waals surface area contributed by atoms with Crippen LogP contribution < -0.4 is 11.0 Å². The molecule has 5 heteroatoms. The zero-order chi connectivity index (χ0) is 14.8. The predicted octanol–water partition coefficient (Wildman–Crippen LogP) is 4.27. The van der Waals surface area contributed by atoms with Crippen LogP contribution in [0.5, 0.6) is 0 Å². The van der Waals surface area contributed by atoms with Gasteiger partial charge in [0.15, 0.2) is 0 Å². The SMILES string of the molecule is O=c1ccc2cc(Br)c(Br)cc2n1NCc1ccccc1. The maximum Gasteiger partial charge on any atom is 0.269 e. The average molecular weight is 408 g/mol. The molecule has 3 aromatic rings. The summed E-state index contributed by atoms with van der Waals surface area (Å²) in [7, 11) is 0. The first-order valence-corrected chi connectivity index (χ1v) is 8.02. The van der Waals surface area contributed by atoms with E-state index in [1.165, 1.54) is 0 Å². The van der Waals surface area contributed by atoms with Crippen LogP contribution in [0, 0.1) is 0 Å². The lowest BCUT2D eigenvalue weighted by atomic mass is 10.2. The molecule has 0 saturated heterocycles. The highest BCUT2D eigenvalue weighted by Gasteiger charge is 2.06. The van der Waals surface area contributed by atoms with Gasteiger partial charge in [0.05, 0.1) is 12.1 Å². The zero-order valence-electron chi connectivity index (χ0n) is 11.0.